The molecule has 0 unspecified atom stereocenters. The molecule has 2 rings (SSSR count). The zero-order valence-corrected chi connectivity index (χ0v) is 13.0. The number of hydrogen-bond donors (Lipinski definition) is 0. The van der Waals surface area contributed by atoms with E-state index in [1.54, 1.807) is 6.07 Å². The number of hydrogen-bond acceptors (Lipinski definition) is 2. The molecule has 0 aromatic heterocycles. The molecule has 0 atom stereocenters. The SMILES string of the molecule is CC(=O)c1c(F)cccc1Oc1cc(C)c(Br)c(C)c1. The van der Waals surface area contributed by atoms with Gasteiger partial charge in [-0.3, -0.25) is 4.79 Å². The van der Waals surface area contributed by atoms with Crippen LogP contribution < -0.4 is 4.74 Å². The topological polar surface area (TPSA) is 26.3 Å². The first-order valence-electron chi connectivity index (χ1n) is 6.14. The van der Waals surface area contributed by atoms with Gasteiger partial charge in [-0.2, -0.15) is 0 Å². The number of ketones is 1. The Labute approximate surface area is 125 Å². The first kappa shape index (κ1) is 14.7. The van der Waals surface area contributed by atoms with Crippen LogP contribution in [0.5, 0.6) is 11.5 Å². The van der Waals surface area contributed by atoms with Crippen molar-refractivity contribution in [2.75, 3.05) is 0 Å². The number of rotatable bonds is 3. The van der Waals surface area contributed by atoms with Crippen molar-refractivity contribution in [3.05, 3.63) is 57.3 Å². The van der Waals surface area contributed by atoms with Crippen LogP contribution in [0.1, 0.15) is 28.4 Å². The molecule has 0 bridgehead atoms. The maximum Gasteiger partial charge on any atom is 0.166 e. The van der Waals surface area contributed by atoms with E-state index in [1.165, 1.54) is 19.1 Å². The zero-order valence-electron chi connectivity index (χ0n) is 11.5. The van der Waals surface area contributed by atoms with Crippen LogP contribution in [0.25, 0.3) is 0 Å². The van der Waals surface area contributed by atoms with Gasteiger partial charge in [0, 0.05) is 4.47 Å². The molecule has 0 aliphatic carbocycles. The lowest BCUT2D eigenvalue weighted by molar-refractivity contribution is 0.101. The smallest absolute Gasteiger partial charge is 0.166 e. The van der Waals surface area contributed by atoms with E-state index in [-0.39, 0.29) is 17.1 Å². The largest absolute Gasteiger partial charge is 0.456 e. The predicted molar refractivity (Wildman–Crippen MR) is 80.1 cm³/mol. The summed E-state index contributed by atoms with van der Waals surface area (Å²) in [5, 5.41) is 0. The van der Waals surface area contributed by atoms with Crippen molar-refractivity contribution in [1.82, 2.24) is 0 Å². The summed E-state index contributed by atoms with van der Waals surface area (Å²) < 4.78 is 20.4. The number of carbonyl (C=O) groups is 1. The van der Waals surface area contributed by atoms with Crippen LogP contribution in [0.4, 0.5) is 4.39 Å². The Morgan fingerprint density at radius 1 is 1.20 bits per heavy atom. The Kier molecular flexibility index (Phi) is 4.23. The second-order valence-corrected chi connectivity index (χ2v) is 5.44. The lowest BCUT2D eigenvalue weighted by Gasteiger charge is -2.12. The fourth-order valence-electron chi connectivity index (χ4n) is 2.02. The highest BCUT2D eigenvalue weighted by Crippen LogP contribution is 2.31. The molecule has 0 spiro atoms. The number of aryl methyl sites for hydroxylation is 2. The van der Waals surface area contributed by atoms with E-state index in [9.17, 15) is 9.18 Å². The first-order chi connectivity index (χ1) is 9.40. The number of ether oxygens (including phenoxy) is 1. The fourth-order valence-corrected chi connectivity index (χ4v) is 2.25. The molecular formula is C16H14BrFO2. The molecule has 2 aromatic rings. The number of benzene rings is 2. The van der Waals surface area contributed by atoms with Crippen LogP contribution in [0.3, 0.4) is 0 Å². The molecule has 104 valence electrons. The molecule has 0 aliphatic rings. The van der Waals surface area contributed by atoms with Gasteiger partial charge in [-0.25, -0.2) is 4.39 Å². The van der Waals surface area contributed by atoms with Crippen LogP contribution in [0.15, 0.2) is 34.8 Å². The molecule has 2 nitrogen and oxygen atoms in total. The Hall–Kier alpha value is -1.68. The number of halogens is 2. The van der Waals surface area contributed by atoms with E-state index in [1.807, 2.05) is 26.0 Å². The molecule has 0 amide bonds. The fraction of sp³-hybridized carbons (Fsp3) is 0.188. The average Bonchev–Trinajstić information content (AvgIpc) is 2.35. The van der Waals surface area contributed by atoms with E-state index in [2.05, 4.69) is 15.9 Å². The van der Waals surface area contributed by atoms with Crippen LogP contribution in [0, 0.1) is 19.7 Å². The van der Waals surface area contributed by atoms with E-state index in [0.29, 0.717) is 5.75 Å². The van der Waals surface area contributed by atoms with Crippen molar-refractivity contribution in [2.24, 2.45) is 0 Å². The monoisotopic (exact) mass is 336 g/mol. The van der Waals surface area contributed by atoms with Gasteiger partial charge in [0.15, 0.2) is 5.78 Å². The third-order valence-corrected chi connectivity index (χ3v) is 4.22. The van der Waals surface area contributed by atoms with E-state index < -0.39 is 5.82 Å². The molecule has 0 saturated heterocycles. The minimum absolute atomic E-state index is 0.0225. The lowest BCUT2D eigenvalue weighted by Crippen LogP contribution is -2.01. The van der Waals surface area contributed by atoms with Crippen molar-refractivity contribution in [1.29, 1.82) is 0 Å². The molecule has 0 aliphatic heterocycles. The summed E-state index contributed by atoms with van der Waals surface area (Å²) in [5.41, 5.74) is 2.01. The summed E-state index contributed by atoms with van der Waals surface area (Å²) in [5.74, 6) is -0.112. The summed E-state index contributed by atoms with van der Waals surface area (Å²) in [6.07, 6.45) is 0. The maximum absolute atomic E-state index is 13.7. The Balaban J connectivity index is 2.45. The van der Waals surface area contributed by atoms with Gasteiger partial charge in [-0.15, -0.1) is 0 Å². The third-order valence-electron chi connectivity index (χ3n) is 2.97. The lowest BCUT2D eigenvalue weighted by atomic mass is 10.1. The second kappa shape index (κ2) is 5.75. The molecule has 0 heterocycles. The Morgan fingerprint density at radius 3 is 2.35 bits per heavy atom. The second-order valence-electron chi connectivity index (χ2n) is 4.64. The molecule has 0 fully saturated rings. The van der Waals surface area contributed by atoms with E-state index in [0.717, 1.165) is 15.6 Å². The van der Waals surface area contributed by atoms with Crippen molar-refractivity contribution < 1.29 is 13.9 Å². The Bertz CT molecular complexity index is 657. The molecule has 4 heteroatoms. The van der Waals surface area contributed by atoms with Gasteiger partial charge in [0.25, 0.3) is 0 Å². The van der Waals surface area contributed by atoms with Crippen LogP contribution >= 0.6 is 15.9 Å². The highest BCUT2D eigenvalue weighted by atomic mass is 79.9. The zero-order chi connectivity index (χ0) is 14.9. The van der Waals surface area contributed by atoms with Crippen LogP contribution in [0.2, 0.25) is 0 Å². The summed E-state index contributed by atoms with van der Waals surface area (Å²) in [7, 11) is 0. The van der Waals surface area contributed by atoms with E-state index in [4.69, 9.17) is 4.74 Å². The molecule has 20 heavy (non-hydrogen) atoms. The molecule has 0 N–H and O–H groups in total. The highest BCUT2D eigenvalue weighted by molar-refractivity contribution is 9.10. The summed E-state index contributed by atoms with van der Waals surface area (Å²) in [6, 6.07) is 8.04. The Morgan fingerprint density at radius 2 is 1.80 bits per heavy atom. The van der Waals surface area contributed by atoms with Crippen molar-refractivity contribution in [2.45, 2.75) is 20.8 Å². The van der Waals surface area contributed by atoms with Crippen LogP contribution in [-0.2, 0) is 0 Å². The van der Waals surface area contributed by atoms with Gasteiger partial charge in [-0.05, 0) is 56.2 Å². The number of Topliss-reactive ketones (excluding diaryl/α,β-unsaturated/α-hetero) is 1. The normalized spacial score (nSPS) is 10.4. The molecule has 0 radical (unpaired) electrons. The van der Waals surface area contributed by atoms with Crippen LogP contribution in [-0.4, -0.2) is 5.78 Å². The van der Waals surface area contributed by atoms with Crippen molar-refractivity contribution in [3.63, 3.8) is 0 Å². The quantitative estimate of drug-likeness (QED) is 0.720. The minimum atomic E-state index is -0.569. The summed E-state index contributed by atoms with van der Waals surface area (Å²) in [4.78, 5) is 11.5. The average molecular weight is 337 g/mol. The number of carbonyl (C=O) groups excluding carboxylic acids is 1. The summed E-state index contributed by atoms with van der Waals surface area (Å²) >= 11 is 3.48. The van der Waals surface area contributed by atoms with Gasteiger partial charge in [-0.1, -0.05) is 22.0 Å². The first-order valence-corrected chi connectivity index (χ1v) is 6.93. The molecule has 2 aromatic carbocycles. The maximum atomic E-state index is 13.7. The minimum Gasteiger partial charge on any atom is -0.456 e. The highest BCUT2D eigenvalue weighted by Gasteiger charge is 2.15. The standard InChI is InChI=1S/C16H14BrFO2/c1-9-7-12(8-10(2)16(9)17)20-14-6-4-5-13(18)15(14)11(3)19/h4-8H,1-3H3. The third kappa shape index (κ3) is 2.90. The van der Waals surface area contributed by atoms with Gasteiger partial charge >= 0.3 is 0 Å². The summed E-state index contributed by atoms with van der Waals surface area (Å²) in [6.45, 7) is 5.21. The van der Waals surface area contributed by atoms with Crippen molar-refractivity contribution in [3.8, 4) is 11.5 Å². The predicted octanol–water partition coefficient (Wildman–Crippen LogP) is 5.20. The van der Waals surface area contributed by atoms with Gasteiger partial charge in [0.1, 0.15) is 17.3 Å². The van der Waals surface area contributed by atoms with Crippen molar-refractivity contribution >= 4 is 21.7 Å². The molecular weight excluding hydrogens is 323 g/mol. The van der Waals surface area contributed by atoms with Gasteiger partial charge in [0.05, 0.1) is 5.56 Å². The molecule has 0 saturated carbocycles. The van der Waals surface area contributed by atoms with Gasteiger partial charge in [0.2, 0.25) is 0 Å². The van der Waals surface area contributed by atoms with E-state index >= 15 is 0 Å². The van der Waals surface area contributed by atoms with Gasteiger partial charge < -0.3 is 4.74 Å².